The fourth-order valence-electron chi connectivity index (χ4n) is 1.89. The molecular weight excluding hydrogens is 171 g/mol. The number of hydrogen-bond acceptors (Lipinski definition) is 3. The number of carbonyl (C=O) groups is 1. The van der Waals surface area contributed by atoms with Crippen molar-refractivity contribution in [3.8, 4) is 0 Å². The lowest BCUT2D eigenvalue weighted by molar-refractivity contribution is -0.142. The van der Waals surface area contributed by atoms with Gasteiger partial charge in [-0.3, -0.25) is 4.79 Å². The highest BCUT2D eigenvalue weighted by Crippen LogP contribution is 2.32. The van der Waals surface area contributed by atoms with Crippen LogP contribution in [0.1, 0.15) is 32.1 Å². The molecule has 1 saturated carbocycles. The van der Waals surface area contributed by atoms with E-state index in [1.54, 1.807) is 0 Å². The number of carboxylic acids is 1. The lowest BCUT2D eigenvalue weighted by Gasteiger charge is -2.15. The Labute approximate surface area is 77.7 Å². The summed E-state index contributed by atoms with van der Waals surface area (Å²) in [6, 6.07) is 0. The summed E-state index contributed by atoms with van der Waals surface area (Å²) in [5, 5.41) is 26.7. The topological polar surface area (TPSA) is 77.8 Å². The van der Waals surface area contributed by atoms with Gasteiger partial charge in [-0.1, -0.05) is 19.3 Å². The summed E-state index contributed by atoms with van der Waals surface area (Å²) in [6.07, 6.45) is 3.55. The third-order valence-corrected chi connectivity index (χ3v) is 2.74. The molecule has 1 rings (SSSR count). The first kappa shape index (κ1) is 10.5. The van der Waals surface area contributed by atoms with Crippen molar-refractivity contribution in [1.29, 1.82) is 0 Å². The monoisotopic (exact) mass is 186 g/mol. The standard InChI is InChI=1S/C8H15BO4/c10-8(11)6-3-1-2-4-7(5-6)9(12)13/h6-7,12-13H,1-5H2,(H,10,11)/t6-,7+/m1/s1. The van der Waals surface area contributed by atoms with E-state index < -0.39 is 19.0 Å². The van der Waals surface area contributed by atoms with E-state index in [2.05, 4.69) is 0 Å². The summed E-state index contributed by atoms with van der Waals surface area (Å²) in [5.74, 6) is -1.47. The van der Waals surface area contributed by atoms with Gasteiger partial charge >= 0.3 is 13.1 Å². The third-order valence-electron chi connectivity index (χ3n) is 2.74. The van der Waals surface area contributed by atoms with Gasteiger partial charge in [0.05, 0.1) is 5.92 Å². The minimum absolute atomic E-state index is 0.261. The quantitative estimate of drug-likeness (QED) is 0.433. The number of rotatable bonds is 2. The molecule has 1 fully saturated rings. The van der Waals surface area contributed by atoms with Crippen LogP contribution in [0.3, 0.4) is 0 Å². The van der Waals surface area contributed by atoms with Crippen molar-refractivity contribution < 1.29 is 19.9 Å². The Kier molecular flexibility index (Phi) is 3.75. The number of hydrogen-bond donors (Lipinski definition) is 3. The van der Waals surface area contributed by atoms with Crippen molar-refractivity contribution in [3.63, 3.8) is 0 Å². The molecule has 0 aromatic rings. The van der Waals surface area contributed by atoms with Crippen LogP contribution in [0.2, 0.25) is 5.82 Å². The van der Waals surface area contributed by atoms with Gasteiger partial charge in [-0.25, -0.2) is 0 Å². The van der Waals surface area contributed by atoms with Gasteiger partial charge in [-0.15, -0.1) is 0 Å². The van der Waals surface area contributed by atoms with Crippen LogP contribution in [-0.4, -0.2) is 28.2 Å². The minimum Gasteiger partial charge on any atom is -0.481 e. The van der Waals surface area contributed by atoms with Gasteiger partial charge in [0.1, 0.15) is 0 Å². The van der Waals surface area contributed by atoms with E-state index in [-0.39, 0.29) is 5.82 Å². The Morgan fingerprint density at radius 1 is 1.23 bits per heavy atom. The largest absolute Gasteiger partial charge is 0.481 e. The van der Waals surface area contributed by atoms with Gasteiger partial charge in [-0.2, -0.15) is 0 Å². The van der Waals surface area contributed by atoms with Crippen LogP contribution in [0.4, 0.5) is 0 Å². The van der Waals surface area contributed by atoms with Gasteiger partial charge < -0.3 is 15.2 Å². The molecule has 5 heteroatoms. The lowest BCUT2D eigenvalue weighted by atomic mass is 9.67. The molecule has 0 aliphatic heterocycles. The van der Waals surface area contributed by atoms with Crippen molar-refractivity contribution in [2.75, 3.05) is 0 Å². The van der Waals surface area contributed by atoms with Gasteiger partial charge in [-0.05, 0) is 18.7 Å². The van der Waals surface area contributed by atoms with E-state index in [1.807, 2.05) is 0 Å². The molecule has 0 aromatic heterocycles. The summed E-state index contributed by atoms with van der Waals surface area (Å²) < 4.78 is 0. The molecule has 1 aliphatic carbocycles. The highest BCUT2D eigenvalue weighted by atomic mass is 16.4. The predicted molar refractivity (Wildman–Crippen MR) is 48.2 cm³/mol. The van der Waals surface area contributed by atoms with E-state index in [1.165, 1.54) is 0 Å². The van der Waals surface area contributed by atoms with E-state index >= 15 is 0 Å². The van der Waals surface area contributed by atoms with Crippen LogP contribution in [-0.2, 0) is 4.79 Å². The smallest absolute Gasteiger partial charge is 0.454 e. The van der Waals surface area contributed by atoms with Crippen molar-refractivity contribution in [1.82, 2.24) is 0 Å². The minimum atomic E-state index is -1.36. The molecule has 0 spiro atoms. The van der Waals surface area contributed by atoms with Crippen LogP contribution in [0, 0.1) is 5.92 Å². The summed E-state index contributed by atoms with van der Waals surface area (Å²) in [5.41, 5.74) is 0. The molecule has 2 atom stereocenters. The Balaban J connectivity index is 2.54. The first-order valence-corrected chi connectivity index (χ1v) is 4.70. The van der Waals surface area contributed by atoms with Gasteiger partial charge in [0, 0.05) is 0 Å². The molecule has 1 aliphatic rings. The molecule has 0 aromatic carbocycles. The highest BCUT2D eigenvalue weighted by Gasteiger charge is 2.31. The Bertz CT molecular complexity index is 183. The molecule has 0 bridgehead atoms. The normalized spacial score (nSPS) is 29.4. The molecule has 0 amide bonds. The van der Waals surface area contributed by atoms with Crippen LogP contribution in [0.15, 0.2) is 0 Å². The van der Waals surface area contributed by atoms with Crippen LogP contribution in [0.5, 0.6) is 0 Å². The average molecular weight is 186 g/mol. The maximum atomic E-state index is 10.7. The van der Waals surface area contributed by atoms with E-state index in [9.17, 15) is 4.79 Å². The SMILES string of the molecule is O=C(O)[C@@H]1CCCC[C@H](B(O)O)C1. The van der Waals surface area contributed by atoms with Crippen molar-refractivity contribution in [2.24, 2.45) is 5.92 Å². The number of aliphatic carboxylic acids is 1. The van der Waals surface area contributed by atoms with Crippen molar-refractivity contribution >= 4 is 13.1 Å². The predicted octanol–water partition coefficient (Wildman–Crippen LogP) is 0.494. The zero-order valence-electron chi connectivity index (χ0n) is 7.52. The van der Waals surface area contributed by atoms with Crippen molar-refractivity contribution in [2.45, 2.75) is 37.9 Å². The lowest BCUT2D eigenvalue weighted by Crippen LogP contribution is -2.24. The van der Waals surface area contributed by atoms with E-state index in [0.29, 0.717) is 12.8 Å². The first-order valence-electron chi connectivity index (χ1n) is 4.70. The second kappa shape index (κ2) is 4.62. The molecule has 13 heavy (non-hydrogen) atoms. The second-order valence-electron chi connectivity index (χ2n) is 3.73. The zero-order valence-corrected chi connectivity index (χ0v) is 7.52. The Hall–Kier alpha value is -0.545. The summed E-state index contributed by atoms with van der Waals surface area (Å²) in [7, 11) is -1.36. The summed E-state index contributed by atoms with van der Waals surface area (Å²) in [4.78, 5) is 10.7. The third kappa shape index (κ3) is 3.01. The Morgan fingerprint density at radius 3 is 2.38 bits per heavy atom. The molecule has 0 saturated heterocycles. The van der Waals surface area contributed by atoms with Gasteiger partial charge in [0.15, 0.2) is 0 Å². The van der Waals surface area contributed by atoms with Crippen molar-refractivity contribution in [3.05, 3.63) is 0 Å². The molecule has 0 heterocycles. The Morgan fingerprint density at radius 2 is 1.85 bits per heavy atom. The molecular formula is C8H15BO4. The van der Waals surface area contributed by atoms with Gasteiger partial charge in [0.2, 0.25) is 0 Å². The van der Waals surface area contributed by atoms with Gasteiger partial charge in [0.25, 0.3) is 0 Å². The molecule has 4 nitrogen and oxygen atoms in total. The fourth-order valence-corrected chi connectivity index (χ4v) is 1.89. The first-order chi connectivity index (χ1) is 6.11. The molecule has 3 N–H and O–H groups in total. The van der Waals surface area contributed by atoms with E-state index in [4.69, 9.17) is 15.2 Å². The zero-order chi connectivity index (χ0) is 9.84. The second-order valence-corrected chi connectivity index (χ2v) is 3.73. The highest BCUT2D eigenvalue weighted by molar-refractivity contribution is 6.43. The molecule has 0 unspecified atom stereocenters. The summed E-state index contributed by atoms with van der Waals surface area (Å²) in [6.45, 7) is 0. The average Bonchev–Trinajstić information content (AvgIpc) is 2.28. The molecule has 74 valence electrons. The number of carboxylic acid groups (broad SMARTS) is 1. The molecule has 0 radical (unpaired) electrons. The maximum Gasteiger partial charge on any atom is 0.454 e. The van der Waals surface area contributed by atoms with E-state index in [0.717, 1.165) is 19.3 Å². The van der Waals surface area contributed by atoms with Crippen LogP contribution < -0.4 is 0 Å². The summed E-state index contributed by atoms with van der Waals surface area (Å²) >= 11 is 0. The maximum absolute atomic E-state index is 10.7. The van der Waals surface area contributed by atoms with Crippen LogP contribution in [0.25, 0.3) is 0 Å². The fraction of sp³-hybridized carbons (Fsp3) is 0.875. The van der Waals surface area contributed by atoms with Crippen LogP contribution >= 0.6 is 0 Å².